The van der Waals surface area contributed by atoms with Gasteiger partial charge >= 0.3 is 0 Å². The van der Waals surface area contributed by atoms with Gasteiger partial charge in [-0.1, -0.05) is 55.8 Å². The third kappa shape index (κ3) is 5.19. The van der Waals surface area contributed by atoms with Crippen molar-refractivity contribution in [3.63, 3.8) is 0 Å². The van der Waals surface area contributed by atoms with Crippen LogP contribution in [0, 0.1) is 10.1 Å². The van der Waals surface area contributed by atoms with Crippen molar-refractivity contribution in [2.75, 3.05) is 5.32 Å². The number of fused-ring (bicyclic) bond motifs is 2. The third-order valence-electron chi connectivity index (χ3n) is 6.32. The zero-order chi connectivity index (χ0) is 28.3. The van der Waals surface area contributed by atoms with E-state index in [1.165, 1.54) is 42.5 Å². The molecular weight excluding hydrogens is 530 g/mol. The number of amides is 1. The second-order valence-electron chi connectivity index (χ2n) is 9.06. The molecule has 40 heavy (non-hydrogen) atoms. The first-order valence-corrected chi connectivity index (χ1v) is 14.1. The van der Waals surface area contributed by atoms with E-state index >= 15 is 0 Å². The minimum Gasteiger partial charge on any atom is -0.309 e. The van der Waals surface area contributed by atoms with Crippen LogP contribution in [0.1, 0.15) is 25.3 Å². The van der Waals surface area contributed by atoms with Crippen LogP contribution in [0.2, 0.25) is 0 Å². The van der Waals surface area contributed by atoms with Gasteiger partial charge < -0.3 is 9.88 Å². The molecule has 0 aliphatic carbocycles. The van der Waals surface area contributed by atoms with Gasteiger partial charge in [0.25, 0.3) is 5.69 Å². The van der Waals surface area contributed by atoms with Gasteiger partial charge in [0, 0.05) is 24.8 Å². The van der Waals surface area contributed by atoms with Gasteiger partial charge in [0.05, 0.1) is 20.9 Å². The zero-order valence-electron chi connectivity index (χ0n) is 21.5. The van der Waals surface area contributed by atoms with E-state index in [1.807, 2.05) is 13.0 Å². The number of benzene rings is 3. The second-order valence-corrected chi connectivity index (χ2v) is 10.9. The summed E-state index contributed by atoms with van der Waals surface area (Å²) in [5, 5.41) is 13.9. The van der Waals surface area contributed by atoms with Crippen LogP contribution >= 0.6 is 0 Å². The number of hydrogen-bond donors (Lipinski definition) is 1. The number of non-ortho nitro benzene ring substituents is 1. The van der Waals surface area contributed by atoms with Crippen LogP contribution in [0.4, 0.5) is 11.5 Å². The molecule has 2 heterocycles. The van der Waals surface area contributed by atoms with Crippen LogP contribution in [0.3, 0.4) is 0 Å². The molecule has 1 N–H and O–H groups in total. The molecule has 0 aliphatic heterocycles. The van der Waals surface area contributed by atoms with Crippen LogP contribution in [0.15, 0.2) is 94.7 Å². The summed E-state index contributed by atoms with van der Waals surface area (Å²) in [6, 6.07) is 21.0. The summed E-state index contributed by atoms with van der Waals surface area (Å²) in [5.74, 6) is -0.544. The Morgan fingerprint density at radius 1 is 1.00 bits per heavy atom. The molecule has 0 saturated carbocycles. The van der Waals surface area contributed by atoms with Gasteiger partial charge in [-0.15, -0.1) is 0 Å². The number of anilines is 1. The monoisotopic (exact) mass is 555 g/mol. The van der Waals surface area contributed by atoms with E-state index in [2.05, 4.69) is 5.32 Å². The topological polar surface area (TPSA) is 137 Å². The van der Waals surface area contributed by atoms with Gasteiger partial charge in [0.1, 0.15) is 16.2 Å². The lowest BCUT2D eigenvalue weighted by Gasteiger charge is -2.12. The predicted octanol–water partition coefficient (Wildman–Crippen LogP) is 5.78. The first-order chi connectivity index (χ1) is 19.3. The molecule has 0 radical (unpaired) electrons. The minimum atomic E-state index is -4.13. The van der Waals surface area contributed by atoms with Crippen LogP contribution < -0.4 is 5.32 Å². The SMILES string of the molecule is CCCCn1c(NC(=O)C=Cc2cccc([N+](=O)[O-])c2)c(S(=O)(=O)c2ccccc2)c2nc3ccccc3nc21. The molecule has 0 unspecified atom stereocenters. The van der Waals surface area contributed by atoms with E-state index in [9.17, 15) is 23.3 Å². The highest BCUT2D eigenvalue weighted by Gasteiger charge is 2.32. The summed E-state index contributed by atoms with van der Waals surface area (Å²) in [6.07, 6.45) is 4.16. The lowest BCUT2D eigenvalue weighted by molar-refractivity contribution is -0.384. The van der Waals surface area contributed by atoms with Crippen molar-refractivity contribution >= 4 is 55.5 Å². The smallest absolute Gasteiger partial charge is 0.270 e. The number of nitro groups is 1. The van der Waals surface area contributed by atoms with Crippen LogP contribution in [-0.4, -0.2) is 33.8 Å². The van der Waals surface area contributed by atoms with E-state index in [0.29, 0.717) is 35.2 Å². The van der Waals surface area contributed by atoms with E-state index in [-0.39, 0.29) is 26.8 Å². The molecule has 5 rings (SSSR count). The summed E-state index contributed by atoms with van der Waals surface area (Å²) in [5.41, 5.74) is 1.97. The molecule has 202 valence electrons. The molecule has 0 atom stereocenters. The number of rotatable bonds is 9. The number of unbranched alkanes of at least 4 members (excludes halogenated alkanes) is 1. The van der Waals surface area contributed by atoms with Crippen LogP contribution in [0.25, 0.3) is 28.3 Å². The van der Waals surface area contributed by atoms with Gasteiger partial charge in [-0.25, -0.2) is 18.4 Å². The summed E-state index contributed by atoms with van der Waals surface area (Å²) < 4.78 is 29.8. The average Bonchev–Trinajstić information content (AvgIpc) is 3.26. The summed E-state index contributed by atoms with van der Waals surface area (Å²) in [7, 11) is -4.13. The molecule has 0 bridgehead atoms. The second kappa shape index (κ2) is 11.1. The fourth-order valence-corrected chi connectivity index (χ4v) is 5.93. The van der Waals surface area contributed by atoms with Crippen LogP contribution in [-0.2, 0) is 21.2 Å². The number of aryl methyl sites for hydroxylation is 1. The van der Waals surface area contributed by atoms with Gasteiger partial charge in [-0.05, 0) is 42.3 Å². The average molecular weight is 556 g/mol. The molecule has 11 heteroatoms. The lowest BCUT2D eigenvalue weighted by Crippen LogP contribution is -2.16. The van der Waals surface area contributed by atoms with Gasteiger partial charge in [0.2, 0.25) is 15.7 Å². The summed E-state index contributed by atoms with van der Waals surface area (Å²) >= 11 is 0. The lowest BCUT2D eigenvalue weighted by atomic mass is 10.2. The molecule has 3 aromatic carbocycles. The Bertz CT molecular complexity index is 1880. The van der Waals surface area contributed by atoms with Crippen molar-refractivity contribution in [3.8, 4) is 0 Å². The molecule has 0 saturated heterocycles. The number of nitrogens with one attached hydrogen (secondary N) is 1. The Balaban J connectivity index is 1.68. The highest BCUT2D eigenvalue weighted by atomic mass is 32.2. The van der Waals surface area contributed by atoms with E-state index in [0.717, 1.165) is 6.42 Å². The molecule has 1 amide bonds. The Kier molecular flexibility index (Phi) is 7.39. The molecule has 2 aromatic heterocycles. The first kappa shape index (κ1) is 26.7. The largest absolute Gasteiger partial charge is 0.309 e. The Hall–Kier alpha value is -4.90. The van der Waals surface area contributed by atoms with Gasteiger partial charge in [-0.2, -0.15) is 0 Å². The Morgan fingerprint density at radius 3 is 2.40 bits per heavy atom. The fraction of sp³-hybridized carbons (Fsp3) is 0.138. The maximum Gasteiger partial charge on any atom is 0.270 e. The maximum absolute atomic E-state index is 14.0. The van der Waals surface area contributed by atoms with Gasteiger partial charge in [-0.3, -0.25) is 14.9 Å². The quantitative estimate of drug-likeness (QED) is 0.138. The molecule has 10 nitrogen and oxygen atoms in total. The normalized spacial score (nSPS) is 11.8. The van der Waals surface area contributed by atoms with Crippen molar-refractivity contribution in [1.82, 2.24) is 14.5 Å². The van der Waals surface area contributed by atoms with Crippen molar-refractivity contribution < 1.29 is 18.1 Å². The predicted molar refractivity (Wildman–Crippen MR) is 153 cm³/mol. The van der Waals surface area contributed by atoms with Crippen molar-refractivity contribution in [2.45, 2.75) is 36.1 Å². The number of nitrogens with zero attached hydrogens (tertiary/aromatic N) is 4. The Labute approximate surface area is 230 Å². The highest BCUT2D eigenvalue weighted by Crippen LogP contribution is 2.37. The minimum absolute atomic E-state index is 0.0575. The van der Waals surface area contributed by atoms with Crippen molar-refractivity contribution in [1.29, 1.82) is 0 Å². The number of hydrogen-bond acceptors (Lipinski definition) is 7. The fourth-order valence-electron chi connectivity index (χ4n) is 4.37. The number of sulfone groups is 1. The summed E-state index contributed by atoms with van der Waals surface area (Å²) in [6.45, 7) is 2.41. The number of para-hydroxylation sites is 2. The van der Waals surface area contributed by atoms with E-state index in [4.69, 9.17) is 9.97 Å². The standard InChI is InChI=1S/C29H25N5O5S/c1-2-3-18-33-28-26(30-23-14-7-8-15-24(23)31-28)27(40(38,39)22-12-5-4-6-13-22)29(33)32-25(35)17-16-20-10-9-11-21(19-20)34(36)37/h4-17,19H,2-3,18H2,1H3,(H,32,35). The maximum atomic E-state index is 14.0. The van der Waals surface area contributed by atoms with Gasteiger partial charge in [0.15, 0.2) is 5.65 Å². The first-order valence-electron chi connectivity index (χ1n) is 12.6. The number of nitro benzene ring substituents is 1. The molecular formula is C29H25N5O5S. The van der Waals surface area contributed by atoms with Crippen LogP contribution in [0.5, 0.6) is 0 Å². The molecule has 0 spiro atoms. The van der Waals surface area contributed by atoms with E-state index in [1.54, 1.807) is 47.0 Å². The van der Waals surface area contributed by atoms with Crippen molar-refractivity contribution in [2.24, 2.45) is 0 Å². The number of carbonyl (C=O) groups is 1. The number of carbonyl (C=O) groups excluding carboxylic acids is 1. The molecule has 0 aliphatic rings. The number of aromatic nitrogens is 3. The summed E-state index contributed by atoms with van der Waals surface area (Å²) in [4.78, 5) is 33.1. The Morgan fingerprint density at radius 2 is 1.70 bits per heavy atom. The zero-order valence-corrected chi connectivity index (χ0v) is 22.3. The highest BCUT2D eigenvalue weighted by molar-refractivity contribution is 7.92. The van der Waals surface area contributed by atoms with Crippen molar-refractivity contribution in [3.05, 3.63) is 101 Å². The molecule has 5 aromatic rings. The third-order valence-corrected chi connectivity index (χ3v) is 8.13. The van der Waals surface area contributed by atoms with E-state index < -0.39 is 20.7 Å². The molecule has 0 fully saturated rings.